The molecule has 0 aromatic heterocycles. The summed E-state index contributed by atoms with van der Waals surface area (Å²) < 4.78 is 10.4. The molecule has 0 aliphatic heterocycles. The van der Waals surface area contributed by atoms with Gasteiger partial charge in [0.1, 0.15) is 11.5 Å². The molecule has 0 bridgehead atoms. The van der Waals surface area contributed by atoms with Gasteiger partial charge in [-0.15, -0.1) is 0 Å². The van der Waals surface area contributed by atoms with E-state index in [1.54, 1.807) is 12.1 Å². The summed E-state index contributed by atoms with van der Waals surface area (Å²) in [4.78, 5) is 12.2. The van der Waals surface area contributed by atoms with Crippen LogP contribution < -0.4 is 28.3 Å². The molecule has 1 aromatic carbocycles. The van der Waals surface area contributed by atoms with Crippen LogP contribution in [0.3, 0.4) is 0 Å². The summed E-state index contributed by atoms with van der Waals surface area (Å²) in [6.45, 7) is 4.15. The van der Waals surface area contributed by atoms with Gasteiger partial charge < -0.3 is 22.8 Å². The summed E-state index contributed by atoms with van der Waals surface area (Å²) in [6, 6.07) is 3.35. The van der Waals surface area contributed by atoms with E-state index in [9.17, 15) is 4.79 Å². The third kappa shape index (κ3) is 5.01. The van der Waals surface area contributed by atoms with Gasteiger partial charge in [0.25, 0.3) is 0 Å². The van der Waals surface area contributed by atoms with Gasteiger partial charge in [0, 0.05) is 5.52 Å². The predicted octanol–water partition coefficient (Wildman–Crippen LogP) is 1.10. The van der Waals surface area contributed by atoms with Gasteiger partial charge in [0.05, 0.1) is 24.8 Å². The summed E-state index contributed by atoms with van der Waals surface area (Å²) >= 11 is 6.03. The molecule has 0 N–H and O–H groups in total. The maximum Gasteiger partial charge on any atom is 1.00 e. The maximum absolute atomic E-state index is 12.2. The first-order valence-corrected chi connectivity index (χ1v) is 7.09. The van der Waals surface area contributed by atoms with Crippen LogP contribution in [0.4, 0.5) is 0 Å². The fourth-order valence-electron chi connectivity index (χ4n) is 1.46. The SMILES string of the molecule is COc1ccc(Cl)c(OC)c1C(=O)[P-]CC(C)C.[Li+]. The molecule has 1 rings (SSSR count). The van der Waals surface area contributed by atoms with Gasteiger partial charge in [0.15, 0.2) is 0 Å². The number of benzene rings is 1. The average Bonchev–Trinajstić information content (AvgIpc) is 2.35. The van der Waals surface area contributed by atoms with Crippen LogP contribution in [0.2, 0.25) is 5.02 Å². The number of methoxy groups -OCH3 is 2. The Bertz CT molecular complexity index is 438. The Morgan fingerprint density at radius 3 is 2.42 bits per heavy atom. The molecule has 0 amide bonds. The fourth-order valence-corrected chi connectivity index (χ4v) is 2.59. The van der Waals surface area contributed by atoms with Gasteiger partial charge in [-0.1, -0.05) is 31.4 Å². The van der Waals surface area contributed by atoms with Crippen LogP contribution in [0.1, 0.15) is 24.2 Å². The minimum absolute atomic E-state index is 0. The molecule has 1 aromatic rings. The van der Waals surface area contributed by atoms with Gasteiger partial charge in [-0.05, 0) is 12.1 Å². The summed E-state index contributed by atoms with van der Waals surface area (Å²) in [6.07, 6.45) is 0.803. The normalized spacial score (nSPS) is 10.6. The molecule has 0 radical (unpaired) electrons. The van der Waals surface area contributed by atoms with Crippen LogP contribution in [-0.2, 0) is 0 Å². The number of hydrogen-bond acceptors (Lipinski definition) is 3. The first-order valence-electron chi connectivity index (χ1n) is 5.63. The third-order valence-electron chi connectivity index (χ3n) is 2.31. The zero-order valence-electron chi connectivity index (χ0n) is 12.0. The Hall–Kier alpha value is -0.193. The van der Waals surface area contributed by atoms with Crippen LogP contribution >= 0.6 is 20.2 Å². The second-order valence-corrected chi connectivity index (χ2v) is 5.69. The van der Waals surface area contributed by atoms with E-state index >= 15 is 0 Å². The molecule has 100 valence electrons. The summed E-state index contributed by atoms with van der Waals surface area (Å²) in [5.74, 6) is 1.35. The quantitative estimate of drug-likeness (QED) is 0.582. The van der Waals surface area contributed by atoms with Crippen molar-refractivity contribution in [1.82, 2.24) is 0 Å². The topological polar surface area (TPSA) is 35.5 Å². The largest absolute Gasteiger partial charge is 1.00 e. The monoisotopic (exact) mass is 294 g/mol. The van der Waals surface area contributed by atoms with E-state index in [0.29, 0.717) is 28.0 Å². The molecule has 0 saturated heterocycles. The Morgan fingerprint density at radius 2 is 1.95 bits per heavy atom. The first kappa shape index (κ1) is 18.8. The smallest absolute Gasteiger partial charge is 0.496 e. The van der Waals surface area contributed by atoms with Crippen molar-refractivity contribution >= 4 is 25.7 Å². The van der Waals surface area contributed by atoms with E-state index in [2.05, 4.69) is 13.8 Å². The van der Waals surface area contributed by atoms with Gasteiger partial charge in [-0.3, -0.25) is 0 Å². The van der Waals surface area contributed by atoms with E-state index in [1.807, 2.05) is 0 Å². The molecule has 0 aliphatic rings. The number of halogens is 1. The minimum Gasteiger partial charge on any atom is -0.496 e. The molecule has 0 unspecified atom stereocenters. The molecular weight excluding hydrogens is 278 g/mol. The van der Waals surface area contributed by atoms with E-state index in [4.69, 9.17) is 21.1 Å². The number of hydrogen-bond donors (Lipinski definition) is 0. The van der Waals surface area contributed by atoms with Crippen LogP contribution in [0.15, 0.2) is 12.1 Å². The molecule has 0 aliphatic carbocycles. The Kier molecular flexibility index (Phi) is 8.79. The molecule has 19 heavy (non-hydrogen) atoms. The van der Waals surface area contributed by atoms with Gasteiger partial charge >= 0.3 is 18.9 Å². The standard InChI is InChI=1S/C13H17ClO3P.Li/c1-8(2)7-18-13(15)11-10(16-3)6-5-9(14)12(11)17-4;/h5-6,8H,7H2,1-4H3;/q-1;+1. The van der Waals surface area contributed by atoms with Crippen molar-refractivity contribution in [3.8, 4) is 11.5 Å². The van der Waals surface area contributed by atoms with E-state index < -0.39 is 0 Å². The predicted molar refractivity (Wildman–Crippen MR) is 75.5 cm³/mol. The van der Waals surface area contributed by atoms with Gasteiger partial charge in [-0.2, -0.15) is 6.16 Å². The van der Waals surface area contributed by atoms with Crippen LogP contribution in [0.5, 0.6) is 11.5 Å². The molecule has 0 heterocycles. The second-order valence-electron chi connectivity index (χ2n) is 4.20. The number of carbonyl (C=O) groups is 1. The summed E-state index contributed by atoms with van der Waals surface area (Å²) in [5, 5.41) is 0.418. The summed E-state index contributed by atoms with van der Waals surface area (Å²) in [7, 11) is 3.75. The zero-order chi connectivity index (χ0) is 13.7. The van der Waals surface area contributed by atoms with E-state index in [1.165, 1.54) is 14.2 Å². The Morgan fingerprint density at radius 1 is 1.32 bits per heavy atom. The number of carbonyl (C=O) groups excluding carboxylic acids is 1. The average molecular weight is 295 g/mol. The van der Waals surface area contributed by atoms with Crippen molar-refractivity contribution in [3.63, 3.8) is 0 Å². The van der Waals surface area contributed by atoms with Crippen molar-refractivity contribution < 1.29 is 33.1 Å². The van der Waals surface area contributed by atoms with Crippen molar-refractivity contribution in [2.24, 2.45) is 5.92 Å². The summed E-state index contributed by atoms with van der Waals surface area (Å²) in [5.41, 5.74) is 0.398. The molecule has 0 atom stereocenters. The van der Waals surface area contributed by atoms with Crippen LogP contribution in [-0.4, -0.2) is 25.9 Å². The fraction of sp³-hybridized carbons (Fsp3) is 0.462. The molecule has 0 fully saturated rings. The van der Waals surface area contributed by atoms with Gasteiger partial charge in [-0.25, -0.2) is 0 Å². The first-order chi connectivity index (χ1) is 8.51. The number of rotatable bonds is 6. The Balaban J connectivity index is 0.00000324. The molecule has 0 spiro atoms. The molecular formula is C13H17ClLiO3P. The maximum atomic E-state index is 12.2. The molecule has 3 nitrogen and oxygen atoms in total. The van der Waals surface area contributed by atoms with E-state index in [-0.39, 0.29) is 24.4 Å². The number of ether oxygens (including phenoxy) is 2. The van der Waals surface area contributed by atoms with Crippen LogP contribution in [0, 0.1) is 5.92 Å². The van der Waals surface area contributed by atoms with Crippen molar-refractivity contribution in [2.75, 3.05) is 20.4 Å². The molecule has 6 heteroatoms. The Labute approximate surface area is 133 Å². The van der Waals surface area contributed by atoms with Gasteiger partial charge in [0.2, 0.25) is 0 Å². The zero-order valence-corrected chi connectivity index (χ0v) is 13.6. The van der Waals surface area contributed by atoms with Crippen molar-refractivity contribution in [3.05, 3.63) is 22.7 Å². The minimum atomic E-state index is -0.0279. The van der Waals surface area contributed by atoms with Crippen molar-refractivity contribution in [2.45, 2.75) is 13.8 Å². The third-order valence-corrected chi connectivity index (χ3v) is 4.03. The van der Waals surface area contributed by atoms with E-state index in [0.717, 1.165) is 14.7 Å². The molecule has 0 saturated carbocycles. The van der Waals surface area contributed by atoms with Crippen LogP contribution in [0.25, 0.3) is 0 Å². The van der Waals surface area contributed by atoms with Crippen molar-refractivity contribution in [1.29, 1.82) is 0 Å². The second kappa shape index (κ2) is 8.88.